The molecular formula is C28H31NO6. The molecule has 2 aromatic rings. The van der Waals surface area contributed by atoms with Crippen molar-refractivity contribution in [1.82, 2.24) is 0 Å². The van der Waals surface area contributed by atoms with Gasteiger partial charge in [0, 0.05) is 29.3 Å². The smallest absolute Gasteiger partial charge is 0.315 e. The van der Waals surface area contributed by atoms with Gasteiger partial charge in [-0.1, -0.05) is 18.2 Å². The quantitative estimate of drug-likeness (QED) is 0.593. The van der Waals surface area contributed by atoms with E-state index in [0.717, 1.165) is 5.56 Å². The number of carbonyl (C=O) groups excluding carboxylic acids is 2. The van der Waals surface area contributed by atoms with Gasteiger partial charge in [-0.05, 0) is 68.5 Å². The topological polar surface area (TPSA) is 94.4 Å². The van der Waals surface area contributed by atoms with Gasteiger partial charge in [-0.15, -0.1) is 0 Å². The van der Waals surface area contributed by atoms with Gasteiger partial charge in [0.25, 0.3) is 0 Å². The highest BCUT2D eigenvalue weighted by Crippen LogP contribution is 2.48. The van der Waals surface area contributed by atoms with Crippen LogP contribution in [0.1, 0.15) is 56.6 Å². The zero-order valence-electron chi connectivity index (χ0n) is 20.7. The summed E-state index contributed by atoms with van der Waals surface area (Å²) >= 11 is 0. The highest BCUT2D eigenvalue weighted by molar-refractivity contribution is 6.09. The third-order valence-corrected chi connectivity index (χ3v) is 6.60. The van der Waals surface area contributed by atoms with Gasteiger partial charge in [0.05, 0.1) is 20.3 Å². The first-order valence-corrected chi connectivity index (χ1v) is 11.8. The number of esters is 1. The van der Waals surface area contributed by atoms with E-state index in [-0.39, 0.29) is 30.0 Å². The van der Waals surface area contributed by atoms with Crippen molar-refractivity contribution in [2.45, 2.75) is 51.6 Å². The second-order valence-corrected chi connectivity index (χ2v) is 9.29. The van der Waals surface area contributed by atoms with Crippen LogP contribution in [0.5, 0.6) is 17.2 Å². The van der Waals surface area contributed by atoms with Gasteiger partial charge in [0.1, 0.15) is 11.7 Å². The lowest BCUT2D eigenvalue weighted by Gasteiger charge is -2.36. The molecule has 1 heterocycles. The van der Waals surface area contributed by atoms with Crippen LogP contribution in [0.15, 0.2) is 58.7 Å². The fraction of sp³-hybridized carbons (Fsp3) is 0.393. The summed E-state index contributed by atoms with van der Waals surface area (Å²) in [6.07, 6.45) is 0.534. The molecule has 0 amide bonds. The molecule has 1 aliphatic heterocycles. The SMILES string of the molecule is COc1ccc(C2CC(=O)C3=C(C2)N=C(C)C(C(=O)OC(C)C)C3c2cccc(O)c2)cc1OC. The lowest BCUT2D eigenvalue weighted by molar-refractivity contribution is -0.150. The van der Waals surface area contributed by atoms with Gasteiger partial charge in [-0.2, -0.15) is 0 Å². The largest absolute Gasteiger partial charge is 0.508 e. The van der Waals surface area contributed by atoms with Crippen molar-refractivity contribution in [3.63, 3.8) is 0 Å². The second kappa shape index (κ2) is 9.94. The number of hydrogen-bond donors (Lipinski definition) is 1. The van der Waals surface area contributed by atoms with E-state index < -0.39 is 17.8 Å². The first kappa shape index (κ1) is 24.5. The van der Waals surface area contributed by atoms with Gasteiger partial charge in [0.15, 0.2) is 17.3 Å². The summed E-state index contributed by atoms with van der Waals surface area (Å²) in [4.78, 5) is 31.6. The molecule has 1 N–H and O–H groups in total. The molecular weight excluding hydrogens is 446 g/mol. The van der Waals surface area contributed by atoms with Crippen LogP contribution in [-0.2, 0) is 14.3 Å². The van der Waals surface area contributed by atoms with E-state index in [0.29, 0.717) is 40.5 Å². The minimum absolute atomic E-state index is 0.0574. The normalized spacial score (nSPS) is 21.9. The molecule has 3 unspecified atom stereocenters. The molecule has 2 aromatic carbocycles. The van der Waals surface area contributed by atoms with E-state index in [4.69, 9.17) is 19.2 Å². The Kier molecular flexibility index (Phi) is 6.96. The zero-order valence-corrected chi connectivity index (χ0v) is 20.7. The van der Waals surface area contributed by atoms with Crippen molar-refractivity contribution in [3.05, 3.63) is 64.9 Å². The van der Waals surface area contributed by atoms with Gasteiger partial charge in [-0.3, -0.25) is 14.6 Å². The van der Waals surface area contributed by atoms with Crippen molar-refractivity contribution >= 4 is 17.5 Å². The standard InChI is InChI=1S/C28H31NO6/c1-15(2)35-28(32)25-16(3)29-21-12-19(17-9-10-23(33-4)24(14-17)34-5)13-22(31)27(21)26(25)18-7-6-8-20(30)11-18/h6-11,14-15,19,25-26,30H,12-13H2,1-5H3. The average Bonchev–Trinajstić information content (AvgIpc) is 2.82. The maximum atomic E-state index is 13.7. The molecule has 0 fully saturated rings. The summed E-state index contributed by atoms with van der Waals surface area (Å²) in [5.41, 5.74) is 3.47. The predicted molar refractivity (Wildman–Crippen MR) is 132 cm³/mol. The van der Waals surface area contributed by atoms with Gasteiger partial charge < -0.3 is 19.3 Å². The van der Waals surface area contributed by atoms with Crippen LogP contribution in [0.3, 0.4) is 0 Å². The maximum absolute atomic E-state index is 13.7. The first-order valence-electron chi connectivity index (χ1n) is 11.8. The summed E-state index contributed by atoms with van der Waals surface area (Å²) in [5.74, 6) is -0.558. The number of methoxy groups -OCH3 is 2. The molecule has 0 bridgehead atoms. The van der Waals surface area contributed by atoms with Crippen molar-refractivity contribution in [2.24, 2.45) is 10.9 Å². The summed E-state index contributed by atoms with van der Waals surface area (Å²) in [6, 6.07) is 12.4. The second-order valence-electron chi connectivity index (χ2n) is 9.29. The van der Waals surface area contributed by atoms with Crippen LogP contribution in [0.25, 0.3) is 0 Å². The lowest BCUT2D eigenvalue weighted by atomic mass is 9.69. The summed E-state index contributed by atoms with van der Waals surface area (Å²) in [7, 11) is 3.17. The molecule has 0 radical (unpaired) electrons. The molecule has 1 aliphatic carbocycles. The third-order valence-electron chi connectivity index (χ3n) is 6.60. The van der Waals surface area contributed by atoms with Crippen LogP contribution in [0.4, 0.5) is 0 Å². The Hall–Kier alpha value is -3.61. The summed E-state index contributed by atoms with van der Waals surface area (Å²) < 4.78 is 16.4. The van der Waals surface area contributed by atoms with Gasteiger partial charge >= 0.3 is 5.97 Å². The Labute approximate surface area is 205 Å². The fourth-order valence-corrected chi connectivity index (χ4v) is 5.09. The number of benzene rings is 2. The molecule has 7 nitrogen and oxygen atoms in total. The van der Waals surface area contributed by atoms with E-state index in [9.17, 15) is 14.7 Å². The number of hydrogen-bond acceptors (Lipinski definition) is 7. The molecule has 184 valence electrons. The first-order chi connectivity index (χ1) is 16.7. The fourth-order valence-electron chi connectivity index (χ4n) is 5.09. The number of nitrogens with zero attached hydrogens (tertiary/aromatic N) is 1. The number of Topliss-reactive ketones (excluding diaryl/α,β-unsaturated/α-hetero) is 1. The highest BCUT2D eigenvalue weighted by atomic mass is 16.5. The Morgan fingerprint density at radius 3 is 2.43 bits per heavy atom. The molecule has 3 atom stereocenters. The average molecular weight is 478 g/mol. The number of phenols is 1. The van der Waals surface area contributed by atoms with Crippen molar-refractivity contribution in [3.8, 4) is 17.2 Å². The molecule has 0 spiro atoms. The molecule has 7 heteroatoms. The van der Waals surface area contributed by atoms with Crippen molar-refractivity contribution in [1.29, 1.82) is 0 Å². The van der Waals surface area contributed by atoms with Crippen molar-refractivity contribution in [2.75, 3.05) is 14.2 Å². The minimum Gasteiger partial charge on any atom is -0.508 e. The van der Waals surface area contributed by atoms with Crippen molar-refractivity contribution < 1.29 is 28.9 Å². The molecule has 2 aliphatic rings. The monoisotopic (exact) mass is 477 g/mol. The lowest BCUT2D eigenvalue weighted by Crippen LogP contribution is -2.38. The predicted octanol–water partition coefficient (Wildman–Crippen LogP) is 4.94. The molecule has 0 saturated carbocycles. The number of allylic oxidation sites excluding steroid dienone is 2. The van der Waals surface area contributed by atoms with Crippen LogP contribution in [0, 0.1) is 5.92 Å². The number of carbonyl (C=O) groups is 2. The van der Waals surface area contributed by atoms with E-state index >= 15 is 0 Å². The Morgan fingerprint density at radius 1 is 1.03 bits per heavy atom. The minimum atomic E-state index is -0.737. The number of aromatic hydroxyl groups is 1. The van der Waals surface area contributed by atoms with Gasteiger partial charge in [0.2, 0.25) is 0 Å². The molecule has 0 aromatic heterocycles. The van der Waals surface area contributed by atoms with Crippen LogP contribution < -0.4 is 9.47 Å². The Morgan fingerprint density at radius 2 is 1.77 bits per heavy atom. The van der Waals surface area contributed by atoms with Crippen LogP contribution in [0.2, 0.25) is 0 Å². The number of ketones is 1. The number of phenolic OH excluding ortho intramolecular Hbond substituents is 1. The summed E-state index contributed by atoms with van der Waals surface area (Å²) in [6.45, 7) is 5.39. The third kappa shape index (κ3) is 4.81. The number of ether oxygens (including phenoxy) is 3. The van der Waals surface area contributed by atoms with E-state index in [2.05, 4.69) is 0 Å². The van der Waals surface area contributed by atoms with E-state index in [1.165, 1.54) is 0 Å². The van der Waals surface area contributed by atoms with Crippen LogP contribution in [-0.4, -0.2) is 42.9 Å². The highest BCUT2D eigenvalue weighted by Gasteiger charge is 2.45. The van der Waals surface area contributed by atoms with Gasteiger partial charge in [-0.25, -0.2) is 0 Å². The Bertz CT molecular complexity index is 1210. The molecule has 35 heavy (non-hydrogen) atoms. The summed E-state index contributed by atoms with van der Waals surface area (Å²) in [5, 5.41) is 10.2. The molecule has 4 rings (SSSR count). The maximum Gasteiger partial charge on any atom is 0.315 e. The molecule has 0 saturated heterocycles. The zero-order chi connectivity index (χ0) is 25.3. The van der Waals surface area contributed by atoms with Crippen LogP contribution >= 0.6 is 0 Å². The number of rotatable bonds is 6. The van der Waals surface area contributed by atoms with E-state index in [1.807, 2.05) is 24.3 Å². The Balaban J connectivity index is 1.78. The van der Waals surface area contributed by atoms with E-state index in [1.54, 1.807) is 53.2 Å². The number of aliphatic imine (C=N–C) groups is 1.